The summed E-state index contributed by atoms with van der Waals surface area (Å²) in [5, 5.41) is 0.812. The van der Waals surface area contributed by atoms with Gasteiger partial charge < -0.3 is 23.2 Å². The number of benzene rings is 1. The van der Waals surface area contributed by atoms with Crippen LogP contribution in [0.25, 0.3) is 5.65 Å². The van der Waals surface area contributed by atoms with Crippen molar-refractivity contribution in [2.75, 3.05) is 46.7 Å². The molecule has 0 N–H and O–H groups in total. The standard InChI is InChI=1S/C21H26N3O4P/c1-26-17-5-4-16(18(12-17)27-2)14-23-8-10-29(25,11-9-23)20-15-24-7-6-22-21(24)13-19(20)28-3/h4-7,12-13,15H,8-11,14H2,1-3H3. The van der Waals surface area contributed by atoms with Gasteiger partial charge in [-0.25, -0.2) is 4.98 Å². The van der Waals surface area contributed by atoms with Gasteiger partial charge in [-0.05, 0) is 6.07 Å². The fourth-order valence-corrected chi connectivity index (χ4v) is 6.66. The molecular weight excluding hydrogens is 389 g/mol. The number of hydrogen-bond donors (Lipinski definition) is 0. The number of fused-ring (bicyclic) bond motifs is 1. The van der Waals surface area contributed by atoms with E-state index in [1.807, 2.05) is 41.1 Å². The average molecular weight is 415 g/mol. The van der Waals surface area contributed by atoms with Crippen LogP contribution in [0.2, 0.25) is 0 Å². The molecule has 1 fully saturated rings. The van der Waals surface area contributed by atoms with Gasteiger partial charge in [0, 0.05) is 68.2 Å². The third-order valence-electron chi connectivity index (χ3n) is 5.57. The molecule has 0 radical (unpaired) electrons. The van der Waals surface area contributed by atoms with Crippen LogP contribution in [0.1, 0.15) is 5.56 Å². The zero-order valence-corrected chi connectivity index (χ0v) is 17.9. The highest BCUT2D eigenvalue weighted by molar-refractivity contribution is 7.71. The van der Waals surface area contributed by atoms with Crippen molar-refractivity contribution >= 4 is 18.1 Å². The normalized spacial score (nSPS) is 16.7. The predicted molar refractivity (Wildman–Crippen MR) is 114 cm³/mol. The van der Waals surface area contributed by atoms with Gasteiger partial charge in [-0.3, -0.25) is 4.90 Å². The Balaban J connectivity index is 1.51. The first-order chi connectivity index (χ1) is 14.1. The van der Waals surface area contributed by atoms with Crippen molar-refractivity contribution < 1.29 is 18.8 Å². The van der Waals surface area contributed by atoms with Crippen molar-refractivity contribution in [1.29, 1.82) is 0 Å². The monoisotopic (exact) mass is 415 g/mol. The second-order valence-electron chi connectivity index (χ2n) is 7.21. The SMILES string of the molecule is COc1ccc(CN2CCP(=O)(c3cn4ccnc4cc3OC)CC2)c(OC)c1. The number of imidazole rings is 1. The second-order valence-corrected chi connectivity index (χ2v) is 10.4. The summed E-state index contributed by atoms with van der Waals surface area (Å²) in [6, 6.07) is 7.73. The van der Waals surface area contributed by atoms with Gasteiger partial charge in [-0.2, -0.15) is 0 Å². The van der Waals surface area contributed by atoms with Crippen LogP contribution in [-0.2, 0) is 11.1 Å². The lowest BCUT2D eigenvalue weighted by molar-refractivity contribution is 0.281. The summed E-state index contributed by atoms with van der Waals surface area (Å²) >= 11 is 0. The van der Waals surface area contributed by atoms with Crippen LogP contribution < -0.4 is 19.5 Å². The number of rotatable bonds is 6. The smallest absolute Gasteiger partial charge is 0.140 e. The maximum atomic E-state index is 13.8. The molecule has 0 atom stereocenters. The molecule has 0 saturated carbocycles. The van der Waals surface area contributed by atoms with Gasteiger partial charge in [-0.15, -0.1) is 0 Å². The minimum absolute atomic E-state index is 0.627. The molecule has 0 aliphatic carbocycles. The summed E-state index contributed by atoms with van der Waals surface area (Å²) in [5.41, 5.74) is 1.89. The Kier molecular flexibility index (Phi) is 5.52. The van der Waals surface area contributed by atoms with Crippen molar-refractivity contribution in [2.24, 2.45) is 0 Å². The molecule has 0 unspecified atom stereocenters. The highest BCUT2D eigenvalue weighted by Crippen LogP contribution is 2.49. The largest absolute Gasteiger partial charge is 0.497 e. The number of pyridine rings is 1. The summed E-state index contributed by atoms with van der Waals surface area (Å²) in [6.45, 7) is 2.28. The topological polar surface area (TPSA) is 65.3 Å². The molecule has 1 aliphatic heterocycles. The number of nitrogens with zero attached hydrogens (tertiary/aromatic N) is 3. The molecule has 3 aromatic rings. The van der Waals surface area contributed by atoms with Gasteiger partial charge in [0.1, 0.15) is 30.0 Å². The fourth-order valence-electron chi connectivity index (χ4n) is 3.85. The predicted octanol–water partition coefficient (Wildman–Crippen LogP) is 2.86. The van der Waals surface area contributed by atoms with Crippen molar-refractivity contribution in [2.45, 2.75) is 6.54 Å². The Hall–Kier alpha value is -2.50. The lowest BCUT2D eigenvalue weighted by atomic mass is 10.1. The van der Waals surface area contributed by atoms with Crippen LogP contribution in [0, 0.1) is 0 Å². The lowest BCUT2D eigenvalue weighted by Crippen LogP contribution is -2.37. The first-order valence-electron chi connectivity index (χ1n) is 9.59. The number of methoxy groups -OCH3 is 3. The summed E-state index contributed by atoms with van der Waals surface area (Å²) < 4.78 is 32.1. The van der Waals surface area contributed by atoms with Crippen molar-refractivity contribution in [3.05, 3.63) is 48.4 Å². The summed E-state index contributed by atoms with van der Waals surface area (Å²) in [7, 11) is 2.39. The van der Waals surface area contributed by atoms with Gasteiger partial charge in [0.25, 0.3) is 0 Å². The molecule has 3 heterocycles. The number of aromatic nitrogens is 2. The minimum Gasteiger partial charge on any atom is -0.497 e. The van der Waals surface area contributed by atoms with E-state index in [0.717, 1.165) is 47.6 Å². The molecule has 0 bridgehead atoms. The van der Waals surface area contributed by atoms with E-state index in [2.05, 4.69) is 9.88 Å². The van der Waals surface area contributed by atoms with E-state index in [1.54, 1.807) is 27.5 Å². The minimum atomic E-state index is -2.54. The molecule has 29 heavy (non-hydrogen) atoms. The van der Waals surface area contributed by atoms with E-state index in [9.17, 15) is 4.57 Å². The quantitative estimate of drug-likeness (QED) is 0.577. The molecule has 0 spiro atoms. The first-order valence-corrected chi connectivity index (χ1v) is 11.7. The first kappa shape index (κ1) is 19.8. The molecule has 4 rings (SSSR count). The summed E-state index contributed by atoms with van der Waals surface area (Å²) in [4.78, 5) is 6.61. The van der Waals surface area contributed by atoms with Gasteiger partial charge in [-0.1, -0.05) is 6.07 Å². The van der Waals surface area contributed by atoms with E-state index in [1.165, 1.54) is 0 Å². The van der Waals surface area contributed by atoms with E-state index in [-0.39, 0.29) is 0 Å². The van der Waals surface area contributed by atoms with Gasteiger partial charge >= 0.3 is 0 Å². The van der Waals surface area contributed by atoms with Crippen LogP contribution in [0.4, 0.5) is 0 Å². The van der Waals surface area contributed by atoms with E-state index in [4.69, 9.17) is 14.2 Å². The van der Waals surface area contributed by atoms with Crippen LogP contribution in [0.5, 0.6) is 17.2 Å². The van der Waals surface area contributed by atoms with Crippen molar-refractivity contribution in [3.63, 3.8) is 0 Å². The second kappa shape index (κ2) is 8.09. The van der Waals surface area contributed by atoms with Crippen molar-refractivity contribution in [1.82, 2.24) is 14.3 Å². The van der Waals surface area contributed by atoms with E-state index < -0.39 is 7.14 Å². The van der Waals surface area contributed by atoms with Gasteiger partial charge in [0.15, 0.2) is 0 Å². The Morgan fingerprint density at radius 3 is 2.48 bits per heavy atom. The van der Waals surface area contributed by atoms with Gasteiger partial charge in [0.2, 0.25) is 0 Å². The Morgan fingerprint density at radius 1 is 1.03 bits per heavy atom. The molecule has 1 aromatic carbocycles. The number of ether oxygens (including phenoxy) is 3. The van der Waals surface area contributed by atoms with Crippen LogP contribution >= 0.6 is 7.14 Å². The molecule has 8 heteroatoms. The third kappa shape index (κ3) is 3.85. The fraction of sp³-hybridized carbons (Fsp3) is 0.381. The Morgan fingerprint density at radius 2 is 1.79 bits per heavy atom. The maximum absolute atomic E-state index is 13.8. The zero-order chi connectivity index (χ0) is 20.4. The van der Waals surface area contributed by atoms with E-state index in [0.29, 0.717) is 18.1 Å². The molecule has 1 aliphatic rings. The van der Waals surface area contributed by atoms with Crippen molar-refractivity contribution in [3.8, 4) is 17.2 Å². The molecule has 0 amide bonds. The summed E-state index contributed by atoms with van der Waals surface area (Å²) in [5.74, 6) is 2.25. The Bertz CT molecular complexity index is 1050. The lowest BCUT2D eigenvalue weighted by Gasteiger charge is -2.33. The van der Waals surface area contributed by atoms with Crippen LogP contribution in [-0.4, -0.2) is 61.0 Å². The molecule has 7 nitrogen and oxygen atoms in total. The van der Waals surface area contributed by atoms with Crippen LogP contribution in [0.3, 0.4) is 0 Å². The number of hydrogen-bond acceptors (Lipinski definition) is 6. The zero-order valence-electron chi connectivity index (χ0n) is 17.0. The third-order valence-corrected chi connectivity index (χ3v) is 8.63. The highest BCUT2D eigenvalue weighted by Gasteiger charge is 2.33. The summed E-state index contributed by atoms with van der Waals surface area (Å²) in [6.07, 6.45) is 6.78. The molecule has 154 valence electrons. The Labute approximate surface area is 170 Å². The molecule has 2 aromatic heterocycles. The maximum Gasteiger partial charge on any atom is 0.140 e. The molecular formula is C21H26N3O4P. The van der Waals surface area contributed by atoms with Gasteiger partial charge in [0.05, 0.1) is 26.6 Å². The van der Waals surface area contributed by atoms with E-state index >= 15 is 0 Å². The molecule has 1 saturated heterocycles. The average Bonchev–Trinajstić information content (AvgIpc) is 3.22. The van der Waals surface area contributed by atoms with Crippen LogP contribution in [0.15, 0.2) is 42.9 Å². The highest BCUT2D eigenvalue weighted by atomic mass is 31.2.